The Labute approximate surface area is 129 Å². The fourth-order valence-electron chi connectivity index (χ4n) is 1.93. The molecule has 0 aliphatic carbocycles. The second-order valence-electron chi connectivity index (χ2n) is 4.96. The van der Waals surface area contributed by atoms with Crippen LogP contribution in [0.15, 0.2) is 54.6 Å². The molecule has 0 saturated heterocycles. The second kappa shape index (κ2) is 8.14. The van der Waals surface area contributed by atoms with E-state index in [0.29, 0.717) is 18.8 Å². The van der Waals surface area contributed by atoms with E-state index in [1.54, 1.807) is 12.1 Å². The van der Waals surface area contributed by atoms with E-state index in [2.05, 4.69) is 5.32 Å². The van der Waals surface area contributed by atoms with Gasteiger partial charge in [-0.3, -0.25) is 9.69 Å². The van der Waals surface area contributed by atoms with Gasteiger partial charge < -0.3 is 10.1 Å². The van der Waals surface area contributed by atoms with Gasteiger partial charge in [0.1, 0.15) is 18.2 Å². The van der Waals surface area contributed by atoms with E-state index in [0.717, 1.165) is 5.75 Å². The number of ether oxygens (including phenoxy) is 1. The molecule has 0 heterocycles. The SMILES string of the molecule is CN(CCOc1ccccc1)CC(=O)Nc1cccc(F)c1. The largest absolute Gasteiger partial charge is 0.492 e. The molecule has 0 aliphatic heterocycles. The topological polar surface area (TPSA) is 41.6 Å². The van der Waals surface area contributed by atoms with Gasteiger partial charge in [-0.25, -0.2) is 4.39 Å². The molecular formula is C17H19FN2O2. The molecule has 2 rings (SSSR count). The Morgan fingerprint density at radius 2 is 1.95 bits per heavy atom. The van der Waals surface area contributed by atoms with Crippen molar-refractivity contribution >= 4 is 11.6 Å². The number of anilines is 1. The molecule has 0 bridgehead atoms. The van der Waals surface area contributed by atoms with Crippen molar-refractivity contribution in [3.05, 3.63) is 60.4 Å². The highest BCUT2D eigenvalue weighted by molar-refractivity contribution is 5.92. The standard InChI is InChI=1S/C17H19FN2O2/c1-20(10-11-22-16-8-3-2-4-9-16)13-17(21)19-15-7-5-6-14(18)12-15/h2-9,12H,10-11,13H2,1H3,(H,19,21). The van der Waals surface area contributed by atoms with Crippen LogP contribution in [0.25, 0.3) is 0 Å². The van der Waals surface area contributed by atoms with Crippen LogP contribution in [0.4, 0.5) is 10.1 Å². The molecule has 0 aliphatic rings. The first-order valence-corrected chi connectivity index (χ1v) is 7.05. The van der Waals surface area contributed by atoms with Gasteiger partial charge in [0.05, 0.1) is 6.54 Å². The number of carbonyl (C=O) groups excluding carboxylic acids is 1. The molecule has 1 amide bonds. The summed E-state index contributed by atoms with van der Waals surface area (Å²) in [6, 6.07) is 15.3. The number of amides is 1. The third-order valence-electron chi connectivity index (χ3n) is 3.01. The summed E-state index contributed by atoms with van der Waals surface area (Å²) in [7, 11) is 1.83. The Hall–Kier alpha value is -2.40. The Morgan fingerprint density at radius 3 is 2.68 bits per heavy atom. The van der Waals surface area contributed by atoms with Gasteiger partial charge in [-0.05, 0) is 37.4 Å². The van der Waals surface area contributed by atoms with Gasteiger partial charge in [-0.15, -0.1) is 0 Å². The lowest BCUT2D eigenvalue weighted by molar-refractivity contribution is -0.117. The maximum Gasteiger partial charge on any atom is 0.238 e. The minimum absolute atomic E-state index is 0.187. The summed E-state index contributed by atoms with van der Waals surface area (Å²) in [5.74, 6) is 0.246. The highest BCUT2D eigenvalue weighted by atomic mass is 19.1. The van der Waals surface area contributed by atoms with Crippen LogP contribution in [-0.2, 0) is 4.79 Å². The zero-order valence-electron chi connectivity index (χ0n) is 12.5. The van der Waals surface area contributed by atoms with E-state index in [4.69, 9.17) is 4.74 Å². The summed E-state index contributed by atoms with van der Waals surface area (Å²) in [5, 5.41) is 2.66. The van der Waals surface area contributed by atoms with Crippen LogP contribution in [0.2, 0.25) is 0 Å². The molecule has 0 unspecified atom stereocenters. The molecule has 5 heteroatoms. The number of hydrogen-bond acceptors (Lipinski definition) is 3. The third-order valence-corrected chi connectivity index (χ3v) is 3.01. The van der Waals surface area contributed by atoms with Crippen molar-refractivity contribution in [2.45, 2.75) is 0 Å². The lowest BCUT2D eigenvalue weighted by Gasteiger charge is -2.16. The van der Waals surface area contributed by atoms with Crippen molar-refractivity contribution in [2.24, 2.45) is 0 Å². The Bertz CT molecular complexity index is 605. The number of rotatable bonds is 7. The first kappa shape index (κ1) is 16.0. The van der Waals surface area contributed by atoms with Crippen molar-refractivity contribution in [1.29, 1.82) is 0 Å². The Balaban J connectivity index is 1.70. The number of likely N-dealkylation sites (N-methyl/N-ethyl adjacent to an activating group) is 1. The quantitative estimate of drug-likeness (QED) is 0.855. The van der Waals surface area contributed by atoms with Crippen LogP contribution in [0.3, 0.4) is 0 Å². The summed E-state index contributed by atoms with van der Waals surface area (Å²) < 4.78 is 18.6. The van der Waals surface area contributed by atoms with E-state index < -0.39 is 0 Å². The lowest BCUT2D eigenvalue weighted by atomic mass is 10.3. The normalized spacial score (nSPS) is 10.5. The number of para-hydroxylation sites is 1. The fourth-order valence-corrected chi connectivity index (χ4v) is 1.93. The molecule has 0 radical (unpaired) electrons. The first-order valence-electron chi connectivity index (χ1n) is 7.05. The number of hydrogen-bond donors (Lipinski definition) is 1. The molecule has 0 fully saturated rings. The predicted octanol–water partition coefficient (Wildman–Crippen LogP) is 2.78. The van der Waals surface area contributed by atoms with Crippen LogP contribution < -0.4 is 10.1 Å². The summed E-state index contributed by atoms with van der Waals surface area (Å²) in [4.78, 5) is 13.7. The smallest absolute Gasteiger partial charge is 0.238 e. The predicted molar refractivity (Wildman–Crippen MR) is 84.5 cm³/mol. The van der Waals surface area contributed by atoms with Crippen LogP contribution >= 0.6 is 0 Å². The van der Waals surface area contributed by atoms with Crippen LogP contribution in [0.5, 0.6) is 5.75 Å². The van der Waals surface area contributed by atoms with Gasteiger partial charge in [0.15, 0.2) is 0 Å². The minimum atomic E-state index is -0.373. The van der Waals surface area contributed by atoms with Crippen LogP contribution in [-0.4, -0.2) is 37.6 Å². The van der Waals surface area contributed by atoms with Gasteiger partial charge >= 0.3 is 0 Å². The van der Waals surface area contributed by atoms with Crippen molar-refractivity contribution < 1.29 is 13.9 Å². The number of nitrogens with one attached hydrogen (secondary N) is 1. The van der Waals surface area contributed by atoms with Gasteiger partial charge in [0.2, 0.25) is 5.91 Å². The van der Waals surface area contributed by atoms with Crippen molar-refractivity contribution in [1.82, 2.24) is 4.90 Å². The van der Waals surface area contributed by atoms with E-state index in [1.807, 2.05) is 42.3 Å². The summed E-state index contributed by atoms with van der Waals surface area (Å²) in [6.45, 7) is 1.33. The molecule has 0 saturated carbocycles. The lowest BCUT2D eigenvalue weighted by Crippen LogP contribution is -2.33. The highest BCUT2D eigenvalue weighted by Crippen LogP contribution is 2.09. The van der Waals surface area contributed by atoms with Gasteiger partial charge in [-0.1, -0.05) is 24.3 Å². The average molecular weight is 302 g/mol. The van der Waals surface area contributed by atoms with Crippen LogP contribution in [0, 0.1) is 5.82 Å². The molecule has 0 atom stereocenters. The maximum atomic E-state index is 13.0. The van der Waals surface area contributed by atoms with Gasteiger partial charge in [0.25, 0.3) is 0 Å². The van der Waals surface area contributed by atoms with Gasteiger partial charge in [0, 0.05) is 12.2 Å². The van der Waals surface area contributed by atoms with Crippen molar-refractivity contribution in [3.8, 4) is 5.75 Å². The number of benzene rings is 2. The average Bonchev–Trinajstić information content (AvgIpc) is 2.48. The molecule has 2 aromatic rings. The fraction of sp³-hybridized carbons (Fsp3) is 0.235. The number of carbonyl (C=O) groups is 1. The van der Waals surface area contributed by atoms with Crippen LogP contribution in [0.1, 0.15) is 0 Å². The third kappa shape index (κ3) is 5.54. The number of halogens is 1. The van der Waals surface area contributed by atoms with E-state index in [9.17, 15) is 9.18 Å². The van der Waals surface area contributed by atoms with Crippen molar-refractivity contribution in [2.75, 3.05) is 32.1 Å². The monoisotopic (exact) mass is 302 g/mol. The van der Waals surface area contributed by atoms with E-state index in [-0.39, 0.29) is 18.3 Å². The molecule has 1 N–H and O–H groups in total. The molecule has 22 heavy (non-hydrogen) atoms. The summed E-state index contributed by atoms with van der Waals surface area (Å²) >= 11 is 0. The van der Waals surface area contributed by atoms with Crippen molar-refractivity contribution in [3.63, 3.8) is 0 Å². The minimum Gasteiger partial charge on any atom is -0.492 e. The molecule has 4 nitrogen and oxygen atoms in total. The molecule has 0 spiro atoms. The molecule has 116 valence electrons. The highest BCUT2D eigenvalue weighted by Gasteiger charge is 2.07. The number of nitrogens with zero attached hydrogens (tertiary/aromatic N) is 1. The second-order valence-corrected chi connectivity index (χ2v) is 4.96. The van der Waals surface area contributed by atoms with Gasteiger partial charge in [-0.2, -0.15) is 0 Å². The maximum absolute atomic E-state index is 13.0. The zero-order valence-corrected chi connectivity index (χ0v) is 12.5. The Morgan fingerprint density at radius 1 is 1.18 bits per heavy atom. The van der Waals surface area contributed by atoms with E-state index in [1.165, 1.54) is 12.1 Å². The molecule has 2 aromatic carbocycles. The molecule has 0 aromatic heterocycles. The first-order chi connectivity index (χ1) is 10.6. The van der Waals surface area contributed by atoms with E-state index >= 15 is 0 Å². The summed E-state index contributed by atoms with van der Waals surface area (Å²) in [6.07, 6.45) is 0. The molecular weight excluding hydrogens is 283 g/mol. The summed E-state index contributed by atoms with van der Waals surface area (Å²) in [5.41, 5.74) is 0.457. The Kier molecular flexibility index (Phi) is 5.91. The zero-order chi connectivity index (χ0) is 15.8.